The standard InChI is InChI=1S/C23H24N2/c1-15(2)18-10-7-11-19(16(3)4)22(18)21-14-24-23-20-9-6-5-8-17(20)12-13-25(21)23/h5-16H,1-4H3. The first-order valence-corrected chi connectivity index (χ1v) is 9.06. The highest BCUT2D eigenvalue weighted by Gasteiger charge is 2.18. The summed E-state index contributed by atoms with van der Waals surface area (Å²) in [6.45, 7) is 9.06. The van der Waals surface area contributed by atoms with Gasteiger partial charge in [-0.15, -0.1) is 0 Å². The molecule has 0 N–H and O–H groups in total. The van der Waals surface area contributed by atoms with Crippen molar-refractivity contribution >= 4 is 16.4 Å². The number of hydrogen-bond acceptors (Lipinski definition) is 1. The highest BCUT2D eigenvalue weighted by molar-refractivity contribution is 5.95. The van der Waals surface area contributed by atoms with Gasteiger partial charge in [0.15, 0.2) is 0 Å². The molecule has 2 heterocycles. The average Bonchev–Trinajstić information content (AvgIpc) is 3.05. The summed E-state index contributed by atoms with van der Waals surface area (Å²) in [4.78, 5) is 4.79. The molecule has 2 heteroatoms. The van der Waals surface area contributed by atoms with E-state index in [1.165, 1.54) is 33.2 Å². The van der Waals surface area contributed by atoms with Gasteiger partial charge in [0.2, 0.25) is 0 Å². The van der Waals surface area contributed by atoms with E-state index in [-0.39, 0.29) is 0 Å². The molecule has 2 nitrogen and oxygen atoms in total. The van der Waals surface area contributed by atoms with Gasteiger partial charge in [-0.2, -0.15) is 0 Å². The normalized spacial score (nSPS) is 11.9. The van der Waals surface area contributed by atoms with Crippen molar-refractivity contribution in [2.45, 2.75) is 39.5 Å². The molecule has 4 aromatic rings. The second-order valence-corrected chi connectivity index (χ2v) is 7.36. The number of imidazole rings is 1. The van der Waals surface area contributed by atoms with Crippen molar-refractivity contribution in [1.29, 1.82) is 0 Å². The van der Waals surface area contributed by atoms with Crippen LogP contribution in [0.25, 0.3) is 27.7 Å². The Kier molecular flexibility index (Phi) is 3.84. The lowest BCUT2D eigenvalue weighted by Gasteiger charge is -2.19. The summed E-state index contributed by atoms with van der Waals surface area (Å²) >= 11 is 0. The lowest BCUT2D eigenvalue weighted by Crippen LogP contribution is -2.01. The molecule has 0 spiro atoms. The van der Waals surface area contributed by atoms with Gasteiger partial charge in [-0.1, -0.05) is 70.2 Å². The molecular weight excluding hydrogens is 304 g/mol. The van der Waals surface area contributed by atoms with Crippen molar-refractivity contribution in [2.75, 3.05) is 0 Å². The topological polar surface area (TPSA) is 17.3 Å². The third-order valence-electron chi connectivity index (χ3n) is 5.03. The molecule has 0 saturated heterocycles. The minimum atomic E-state index is 0.472. The Morgan fingerprint density at radius 2 is 1.48 bits per heavy atom. The quantitative estimate of drug-likeness (QED) is 0.425. The zero-order valence-corrected chi connectivity index (χ0v) is 15.3. The van der Waals surface area contributed by atoms with Crippen LogP contribution in [-0.2, 0) is 0 Å². The third-order valence-corrected chi connectivity index (χ3v) is 5.03. The predicted octanol–water partition coefficient (Wildman–Crippen LogP) is 6.40. The van der Waals surface area contributed by atoms with Crippen molar-refractivity contribution < 1.29 is 0 Å². The van der Waals surface area contributed by atoms with Gasteiger partial charge in [0.1, 0.15) is 5.65 Å². The monoisotopic (exact) mass is 328 g/mol. The van der Waals surface area contributed by atoms with Gasteiger partial charge in [0, 0.05) is 17.1 Å². The van der Waals surface area contributed by atoms with E-state index in [4.69, 9.17) is 4.98 Å². The Hall–Kier alpha value is -2.61. The highest BCUT2D eigenvalue weighted by Crippen LogP contribution is 2.37. The summed E-state index contributed by atoms with van der Waals surface area (Å²) in [6.07, 6.45) is 4.19. The number of benzene rings is 2. The summed E-state index contributed by atoms with van der Waals surface area (Å²) in [5, 5.41) is 2.43. The van der Waals surface area contributed by atoms with Gasteiger partial charge in [-0.25, -0.2) is 4.98 Å². The Morgan fingerprint density at radius 3 is 2.16 bits per heavy atom. The molecule has 0 radical (unpaired) electrons. The van der Waals surface area contributed by atoms with E-state index in [0.29, 0.717) is 11.8 Å². The number of aromatic nitrogens is 2. The first kappa shape index (κ1) is 15.9. The van der Waals surface area contributed by atoms with Crippen LogP contribution >= 0.6 is 0 Å². The maximum Gasteiger partial charge on any atom is 0.145 e. The minimum Gasteiger partial charge on any atom is -0.299 e. The molecule has 2 aromatic heterocycles. The molecule has 0 aliphatic heterocycles. The molecule has 4 rings (SSSR count). The highest BCUT2D eigenvalue weighted by atomic mass is 15.0. The van der Waals surface area contributed by atoms with Gasteiger partial charge in [-0.3, -0.25) is 4.40 Å². The van der Waals surface area contributed by atoms with Gasteiger partial charge >= 0.3 is 0 Å². The van der Waals surface area contributed by atoms with Crippen LogP contribution in [0, 0.1) is 0 Å². The van der Waals surface area contributed by atoms with E-state index in [1.807, 2.05) is 6.20 Å². The smallest absolute Gasteiger partial charge is 0.145 e. The molecule has 0 aliphatic rings. The molecule has 0 bridgehead atoms. The van der Waals surface area contributed by atoms with Crippen molar-refractivity contribution in [3.05, 3.63) is 72.1 Å². The first-order valence-electron chi connectivity index (χ1n) is 9.06. The Balaban J connectivity index is 2.07. The van der Waals surface area contributed by atoms with E-state index < -0.39 is 0 Å². The molecule has 0 fully saturated rings. The molecule has 25 heavy (non-hydrogen) atoms. The van der Waals surface area contributed by atoms with E-state index in [0.717, 1.165) is 5.65 Å². The Bertz CT molecular complexity index is 1030. The van der Waals surface area contributed by atoms with E-state index in [9.17, 15) is 0 Å². The number of fused-ring (bicyclic) bond motifs is 3. The van der Waals surface area contributed by atoms with E-state index in [2.05, 4.69) is 86.8 Å². The minimum absolute atomic E-state index is 0.472. The molecule has 126 valence electrons. The molecule has 0 saturated carbocycles. The van der Waals surface area contributed by atoms with Crippen LogP contribution in [0.5, 0.6) is 0 Å². The van der Waals surface area contributed by atoms with Crippen LogP contribution in [-0.4, -0.2) is 9.38 Å². The molecule has 0 amide bonds. The Morgan fingerprint density at radius 1 is 0.800 bits per heavy atom. The summed E-state index contributed by atoms with van der Waals surface area (Å²) in [5.74, 6) is 0.944. The maximum atomic E-state index is 4.79. The number of hydrogen-bond donors (Lipinski definition) is 0. The number of pyridine rings is 1. The predicted molar refractivity (Wildman–Crippen MR) is 106 cm³/mol. The zero-order chi connectivity index (χ0) is 17.6. The lowest BCUT2D eigenvalue weighted by molar-refractivity contribution is 0.836. The summed E-state index contributed by atoms with van der Waals surface area (Å²) in [5.41, 5.74) is 6.34. The second kappa shape index (κ2) is 6.03. The number of nitrogens with zero attached hydrogens (tertiary/aromatic N) is 2. The molecule has 0 unspecified atom stereocenters. The second-order valence-electron chi connectivity index (χ2n) is 7.36. The van der Waals surface area contributed by atoms with Crippen LogP contribution < -0.4 is 0 Å². The molecule has 0 atom stereocenters. The Labute approximate surface area is 149 Å². The maximum absolute atomic E-state index is 4.79. The van der Waals surface area contributed by atoms with Gasteiger partial charge in [0.25, 0.3) is 0 Å². The largest absolute Gasteiger partial charge is 0.299 e. The molecule has 0 aliphatic carbocycles. The van der Waals surface area contributed by atoms with E-state index >= 15 is 0 Å². The van der Waals surface area contributed by atoms with Crippen LogP contribution in [0.4, 0.5) is 0 Å². The molecular formula is C23H24N2. The fourth-order valence-electron chi connectivity index (χ4n) is 3.74. The fraction of sp³-hybridized carbons (Fsp3) is 0.261. The van der Waals surface area contributed by atoms with Gasteiger partial charge in [-0.05, 0) is 34.4 Å². The number of rotatable bonds is 3. The summed E-state index contributed by atoms with van der Waals surface area (Å²) in [7, 11) is 0. The van der Waals surface area contributed by atoms with Crippen LogP contribution in [0.3, 0.4) is 0 Å². The van der Waals surface area contributed by atoms with Crippen molar-refractivity contribution in [2.24, 2.45) is 0 Å². The van der Waals surface area contributed by atoms with Crippen LogP contribution in [0.15, 0.2) is 60.9 Å². The van der Waals surface area contributed by atoms with E-state index in [1.54, 1.807) is 0 Å². The lowest BCUT2D eigenvalue weighted by atomic mass is 9.87. The fourth-order valence-corrected chi connectivity index (χ4v) is 3.74. The van der Waals surface area contributed by atoms with Crippen molar-refractivity contribution in [1.82, 2.24) is 9.38 Å². The summed E-state index contributed by atoms with van der Waals surface area (Å²) in [6, 6.07) is 17.3. The SMILES string of the molecule is CC(C)c1cccc(C(C)C)c1-c1cnc2c3ccccc3ccn12. The van der Waals surface area contributed by atoms with Gasteiger partial charge < -0.3 is 0 Å². The third kappa shape index (κ3) is 2.53. The van der Waals surface area contributed by atoms with Crippen LogP contribution in [0.1, 0.15) is 50.7 Å². The molecule has 2 aromatic carbocycles. The zero-order valence-electron chi connectivity index (χ0n) is 15.3. The van der Waals surface area contributed by atoms with Gasteiger partial charge in [0.05, 0.1) is 11.9 Å². The average molecular weight is 328 g/mol. The van der Waals surface area contributed by atoms with Crippen LogP contribution in [0.2, 0.25) is 0 Å². The van der Waals surface area contributed by atoms with Crippen molar-refractivity contribution in [3.63, 3.8) is 0 Å². The van der Waals surface area contributed by atoms with Crippen molar-refractivity contribution in [3.8, 4) is 11.3 Å². The summed E-state index contributed by atoms with van der Waals surface area (Å²) < 4.78 is 2.25. The first-order chi connectivity index (χ1) is 12.1.